The SMILES string of the molecule is O=C(/C=C/c1cn(Cc2ccccc2)nc1-c1cccnc1)Nc1ccc2c(c1)OCO2. The minimum atomic E-state index is -0.253. The van der Waals surface area contributed by atoms with E-state index in [1.54, 1.807) is 36.7 Å². The van der Waals surface area contributed by atoms with Crippen LogP contribution in [0.4, 0.5) is 5.69 Å². The molecule has 7 nitrogen and oxygen atoms in total. The van der Waals surface area contributed by atoms with Gasteiger partial charge in [0.05, 0.1) is 6.54 Å². The number of aromatic nitrogens is 3. The largest absolute Gasteiger partial charge is 0.454 e. The number of anilines is 1. The van der Waals surface area contributed by atoms with Crippen LogP contribution in [0.25, 0.3) is 17.3 Å². The molecular weight excluding hydrogens is 404 g/mol. The van der Waals surface area contributed by atoms with E-state index in [1.807, 2.05) is 41.2 Å². The molecule has 0 spiro atoms. The highest BCUT2D eigenvalue weighted by Gasteiger charge is 2.14. The van der Waals surface area contributed by atoms with Crippen LogP contribution in [-0.4, -0.2) is 27.5 Å². The van der Waals surface area contributed by atoms with E-state index in [4.69, 9.17) is 14.6 Å². The number of nitrogens with zero attached hydrogens (tertiary/aromatic N) is 3. The number of hydrogen-bond acceptors (Lipinski definition) is 5. The van der Waals surface area contributed by atoms with Crippen molar-refractivity contribution in [3.05, 3.63) is 96.5 Å². The van der Waals surface area contributed by atoms with E-state index in [2.05, 4.69) is 22.4 Å². The molecule has 1 amide bonds. The summed E-state index contributed by atoms with van der Waals surface area (Å²) in [5.74, 6) is 1.04. The summed E-state index contributed by atoms with van der Waals surface area (Å²) in [5, 5.41) is 7.59. The van der Waals surface area contributed by atoms with Gasteiger partial charge in [0, 0.05) is 47.5 Å². The summed E-state index contributed by atoms with van der Waals surface area (Å²) in [6.07, 6.45) is 8.67. The number of benzene rings is 2. The minimum absolute atomic E-state index is 0.191. The molecule has 0 radical (unpaired) electrons. The molecule has 0 bridgehead atoms. The van der Waals surface area contributed by atoms with Gasteiger partial charge in [0.15, 0.2) is 11.5 Å². The van der Waals surface area contributed by atoms with Crippen molar-refractivity contribution in [2.24, 2.45) is 0 Å². The molecule has 0 aliphatic carbocycles. The van der Waals surface area contributed by atoms with Gasteiger partial charge in [0.2, 0.25) is 12.7 Å². The Labute approximate surface area is 184 Å². The first-order valence-electron chi connectivity index (χ1n) is 10.1. The zero-order chi connectivity index (χ0) is 21.8. The Hall–Kier alpha value is -4.39. The number of hydrogen-bond donors (Lipinski definition) is 1. The molecular formula is C25H20N4O3. The molecule has 4 aromatic rings. The van der Waals surface area contributed by atoms with Crippen LogP contribution < -0.4 is 14.8 Å². The van der Waals surface area contributed by atoms with Gasteiger partial charge in [-0.05, 0) is 35.9 Å². The van der Waals surface area contributed by atoms with Gasteiger partial charge in [0.1, 0.15) is 5.69 Å². The first-order chi connectivity index (χ1) is 15.7. The number of carbonyl (C=O) groups is 1. The first-order valence-corrected chi connectivity index (χ1v) is 10.1. The van der Waals surface area contributed by atoms with Gasteiger partial charge < -0.3 is 14.8 Å². The van der Waals surface area contributed by atoms with Crippen LogP contribution in [-0.2, 0) is 11.3 Å². The zero-order valence-corrected chi connectivity index (χ0v) is 17.1. The summed E-state index contributed by atoms with van der Waals surface area (Å²) in [6.45, 7) is 0.821. The van der Waals surface area contributed by atoms with Crippen LogP contribution >= 0.6 is 0 Å². The molecule has 0 saturated carbocycles. The van der Waals surface area contributed by atoms with Crippen molar-refractivity contribution in [1.29, 1.82) is 0 Å². The van der Waals surface area contributed by atoms with Crippen LogP contribution in [0.1, 0.15) is 11.1 Å². The second-order valence-electron chi connectivity index (χ2n) is 7.25. The predicted molar refractivity (Wildman–Crippen MR) is 121 cm³/mol. The fraction of sp³-hybridized carbons (Fsp3) is 0.0800. The van der Waals surface area contributed by atoms with Crippen LogP contribution in [0, 0.1) is 0 Å². The number of ether oxygens (including phenoxy) is 2. The van der Waals surface area contributed by atoms with E-state index >= 15 is 0 Å². The number of carbonyl (C=O) groups excluding carboxylic acids is 1. The lowest BCUT2D eigenvalue weighted by Gasteiger charge is -2.03. The Morgan fingerprint density at radius 1 is 1.06 bits per heavy atom. The first kappa shape index (κ1) is 19.6. The summed E-state index contributed by atoms with van der Waals surface area (Å²) >= 11 is 0. The van der Waals surface area contributed by atoms with Gasteiger partial charge in [-0.1, -0.05) is 30.3 Å². The summed E-state index contributed by atoms with van der Waals surface area (Å²) in [6, 6.07) is 19.2. The van der Waals surface area contributed by atoms with Gasteiger partial charge in [-0.2, -0.15) is 5.10 Å². The van der Waals surface area contributed by atoms with Crippen molar-refractivity contribution in [2.75, 3.05) is 12.1 Å². The molecule has 0 fully saturated rings. The Bertz CT molecular complexity index is 1270. The summed E-state index contributed by atoms with van der Waals surface area (Å²) in [4.78, 5) is 16.7. The van der Waals surface area contributed by atoms with Gasteiger partial charge in [-0.3, -0.25) is 14.5 Å². The number of rotatable bonds is 6. The number of pyridine rings is 1. The van der Waals surface area contributed by atoms with E-state index in [0.717, 1.165) is 22.4 Å². The highest BCUT2D eigenvalue weighted by Crippen LogP contribution is 2.34. The zero-order valence-electron chi connectivity index (χ0n) is 17.1. The summed E-state index contributed by atoms with van der Waals surface area (Å²) in [7, 11) is 0. The maximum atomic E-state index is 12.5. The molecule has 2 aromatic heterocycles. The molecule has 1 aliphatic heterocycles. The van der Waals surface area contributed by atoms with E-state index < -0.39 is 0 Å². The normalized spacial score (nSPS) is 12.2. The molecule has 1 N–H and O–H groups in total. The van der Waals surface area contributed by atoms with Crippen molar-refractivity contribution in [3.8, 4) is 22.8 Å². The van der Waals surface area contributed by atoms with E-state index in [1.165, 1.54) is 6.08 Å². The van der Waals surface area contributed by atoms with Crippen LogP contribution in [0.15, 0.2) is 85.3 Å². The Morgan fingerprint density at radius 2 is 1.94 bits per heavy atom. The Morgan fingerprint density at radius 3 is 2.78 bits per heavy atom. The quantitative estimate of drug-likeness (QED) is 0.465. The summed E-state index contributed by atoms with van der Waals surface area (Å²) in [5.41, 5.74) is 4.26. The van der Waals surface area contributed by atoms with Crippen molar-refractivity contribution in [1.82, 2.24) is 14.8 Å². The molecule has 7 heteroatoms. The van der Waals surface area contributed by atoms with Crippen molar-refractivity contribution >= 4 is 17.7 Å². The maximum absolute atomic E-state index is 12.5. The highest BCUT2D eigenvalue weighted by molar-refractivity contribution is 6.02. The third-order valence-electron chi connectivity index (χ3n) is 4.97. The van der Waals surface area contributed by atoms with Crippen molar-refractivity contribution < 1.29 is 14.3 Å². The van der Waals surface area contributed by atoms with Gasteiger partial charge >= 0.3 is 0 Å². The van der Waals surface area contributed by atoms with E-state index in [9.17, 15) is 4.79 Å². The molecule has 3 heterocycles. The number of amides is 1. The number of fused-ring (bicyclic) bond motifs is 1. The highest BCUT2D eigenvalue weighted by atomic mass is 16.7. The Balaban J connectivity index is 1.37. The third-order valence-corrected chi connectivity index (χ3v) is 4.97. The minimum Gasteiger partial charge on any atom is -0.454 e. The van der Waals surface area contributed by atoms with Gasteiger partial charge in [-0.15, -0.1) is 0 Å². The van der Waals surface area contributed by atoms with Gasteiger partial charge in [-0.25, -0.2) is 0 Å². The lowest BCUT2D eigenvalue weighted by Crippen LogP contribution is -2.07. The molecule has 0 unspecified atom stereocenters. The molecule has 1 aliphatic rings. The lowest BCUT2D eigenvalue weighted by molar-refractivity contribution is -0.111. The van der Waals surface area contributed by atoms with Gasteiger partial charge in [0.25, 0.3) is 0 Å². The average Bonchev–Trinajstić information content (AvgIpc) is 3.45. The molecule has 0 atom stereocenters. The van der Waals surface area contributed by atoms with Crippen LogP contribution in [0.2, 0.25) is 0 Å². The predicted octanol–water partition coefficient (Wildman–Crippen LogP) is 4.37. The lowest BCUT2D eigenvalue weighted by atomic mass is 10.1. The molecule has 158 valence electrons. The smallest absolute Gasteiger partial charge is 0.248 e. The Kier molecular flexibility index (Phi) is 5.36. The molecule has 2 aromatic carbocycles. The third kappa shape index (κ3) is 4.37. The fourth-order valence-corrected chi connectivity index (χ4v) is 3.46. The van der Waals surface area contributed by atoms with Crippen molar-refractivity contribution in [2.45, 2.75) is 6.54 Å². The molecule has 5 rings (SSSR count). The van der Waals surface area contributed by atoms with E-state index in [0.29, 0.717) is 23.7 Å². The second kappa shape index (κ2) is 8.77. The monoisotopic (exact) mass is 424 g/mol. The maximum Gasteiger partial charge on any atom is 0.248 e. The fourth-order valence-electron chi connectivity index (χ4n) is 3.46. The van der Waals surface area contributed by atoms with Crippen LogP contribution in [0.3, 0.4) is 0 Å². The number of nitrogens with one attached hydrogen (secondary N) is 1. The summed E-state index contributed by atoms with van der Waals surface area (Å²) < 4.78 is 12.5. The topological polar surface area (TPSA) is 78.3 Å². The standard InChI is InChI=1S/C25H20N4O3/c30-24(27-21-9-10-22-23(13-21)32-17-31-22)11-8-20-16-29(15-18-5-2-1-3-6-18)28-25(20)19-7-4-12-26-14-19/h1-14,16H,15,17H2,(H,27,30)/b11-8+. The molecule has 0 saturated heterocycles. The molecule has 32 heavy (non-hydrogen) atoms. The average molecular weight is 424 g/mol. The second-order valence-corrected chi connectivity index (χ2v) is 7.25. The van der Waals surface area contributed by atoms with Crippen molar-refractivity contribution in [3.63, 3.8) is 0 Å². The van der Waals surface area contributed by atoms with E-state index in [-0.39, 0.29) is 12.7 Å². The van der Waals surface area contributed by atoms with Crippen LogP contribution in [0.5, 0.6) is 11.5 Å².